The summed E-state index contributed by atoms with van der Waals surface area (Å²) >= 11 is 0. The lowest BCUT2D eigenvalue weighted by Crippen LogP contribution is -2.40. The van der Waals surface area contributed by atoms with Gasteiger partial charge in [-0.05, 0) is 0 Å². The van der Waals surface area contributed by atoms with Gasteiger partial charge in [-0.15, -0.1) is 20.2 Å². The van der Waals surface area contributed by atoms with Crippen molar-refractivity contribution in [1.29, 1.82) is 0 Å². The topological polar surface area (TPSA) is 189 Å². The molecule has 0 aliphatic carbocycles. The highest BCUT2D eigenvalue weighted by molar-refractivity contribution is 4.93. The molecule has 0 amide bonds. The van der Waals surface area contributed by atoms with E-state index in [-0.39, 0.29) is 0 Å². The summed E-state index contributed by atoms with van der Waals surface area (Å²) in [6.45, 7) is -0.736. The van der Waals surface area contributed by atoms with Gasteiger partial charge in [0.2, 0.25) is 0 Å². The Balaban J connectivity index is 2.30. The zero-order chi connectivity index (χ0) is 17.1. The van der Waals surface area contributed by atoms with Crippen molar-refractivity contribution in [3.8, 4) is 0 Å². The second-order valence-corrected chi connectivity index (χ2v) is 4.39. The third kappa shape index (κ3) is 3.61. The van der Waals surface area contributed by atoms with Gasteiger partial charge in [-0.25, -0.2) is 4.79 Å². The molecular weight excluding hydrogens is 324 g/mol. The average Bonchev–Trinajstić information content (AvgIpc) is 2.73. The van der Waals surface area contributed by atoms with Crippen LogP contribution in [0.1, 0.15) is 6.23 Å². The van der Waals surface area contributed by atoms with E-state index in [9.17, 15) is 34.9 Å². The first-order valence-electron chi connectivity index (χ1n) is 6.03. The first-order valence-corrected chi connectivity index (χ1v) is 6.03. The summed E-state index contributed by atoms with van der Waals surface area (Å²) in [5.74, 6) is 0. The minimum Gasteiger partial charge on any atom is -0.388 e. The summed E-state index contributed by atoms with van der Waals surface area (Å²) in [5, 5.41) is 28.3. The molecular formula is C9H10N4O10. The van der Waals surface area contributed by atoms with Gasteiger partial charge in [-0.3, -0.25) is 14.3 Å². The van der Waals surface area contributed by atoms with Crippen LogP contribution in [0.15, 0.2) is 21.9 Å². The molecule has 1 aliphatic heterocycles. The Bertz CT molecular complexity index is 713. The second-order valence-electron chi connectivity index (χ2n) is 4.39. The second kappa shape index (κ2) is 6.41. The number of H-pyrrole nitrogens is 1. The first-order chi connectivity index (χ1) is 10.8. The van der Waals surface area contributed by atoms with Crippen molar-refractivity contribution >= 4 is 0 Å². The van der Waals surface area contributed by atoms with Crippen LogP contribution in [0.3, 0.4) is 0 Å². The molecule has 2 heterocycles. The summed E-state index contributed by atoms with van der Waals surface area (Å²) in [5.41, 5.74) is -1.69. The summed E-state index contributed by atoms with van der Waals surface area (Å²) in [6, 6.07) is 0.946. The Hall–Kier alpha value is -3.00. The molecule has 1 aliphatic rings. The number of rotatable bonds is 6. The normalized spacial score (nSPS) is 26.7. The maximum absolute atomic E-state index is 11.7. The van der Waals surface area contributed by atoms with Gasteiger partial charge >= 0.3 is 5.69 Å². The molecule has 1 aromatic rings. The Morgan fingerprint density at radius 2 is 2.04 bits per heavy atom. The van der Waals surface area contributed by atoms with E-state index in [1.54, 1.807) is 0 Å². The Labute approximate surface area is 125 Å². The number of ether oxygens (including phenoxy) is 1. The van der Waals surface area contributed by atoms with E-state index >= 15 is 0 Å². The number of hydrogen-bond acceptors (Lipinski definition) is 10. The molecule has 1 aromatic heterocycles. The molecule has 0 aromatic carbocycles. The van der Waals surface area contributed by atoms with Crippen LogP contribution >= 0.6 is 0 Å². The monoisotopic (exact) mass is 334 g/mol. The lowest BCUT2D eigenvalue weighted by Gasteiger charge is -2.19. The van der Waals surface area contributed by atoms with Crippen molar-refractivity contribution in [2.24, 2.45) is 0 Å². The van der Waals surface area contributed by atoms with Gasteiger partial charge in [-0.2, -0.15) is 0 Å². The third-order valence-electron chi connectivity index (χ3n) is 2.99. The number of hydrogen-bond donors (Lipinski definition) is 2. The van der Waals surface area contributed by atoms with Crippen LogP contribution in [0.5, 0.6) is 0 Å². The maximum atomic E-state index is 11.7. The van der Waals surface area contributed by atoms with E-state index in [1.165, 1.54) is 0 Å². The van der Waals surface area contributed by atoms with Gasteiger partial charge in [0.25, 0.3) is 15.7 Å². The van der Waals surface area contributed by atoms with Crippen LogP contribution in [0.25, 0.3) is 0 Å². The van der Waals surface area contributed by atoms with Crippen LogP contribution < -0.4 is 11.2 Å². The predicted molar refractivity (Wildman–Crippen MR) is 66.1 cm³/mol. The van der Waals surface area contributed by atoms with Gasteiger partial charge in [-0.1, -0.05) is 0 Å². The zero-order valence-corrected chi connectivity index (χ0v) is 11.1. The van der Waals surface area contributed by atoms with Crippen LogP contribution in [-0.2, 0) is 14.4 Å². The van der Waals surface area contributed by atoms with E-state index in [1.807, 2.05) is 4.98 Å². The van der Waals surface area contributed by atoms with Gasteiger partial charge in [0, 0.05) is 12.3 Å². The molecule has 0 spiro atoms. The largest absolute Gasteiger partial charge is 0.388 e. The molecule has 0 radical (unpaired) electrons. The standard InChI is InChI=1S/C9H10N4O10/c14-5-1-2-11(9(16)10-5)8-7(23-13(19)20)6(15)4(22-8)3-21-12(17)18/h1-2,4,6-8,15H,3H2,(H,10,14,16)/t4-,6-,7-,8-/m1/s1. The number of nitrogens with zero attached hydrogens (tertiary/aromatic N) is 3. The molecule has 1 saturated heterocycles. The van der Waals surface area contributed by atoms with E-state index in [4.69, 9.17) is 4.74 Å². The fourth-order valence-corrected chi connectivity index (χ4v) is 2.05. The molecule has 2 N–H and O–H groups in total. The number of aliphatic hydroxyl groups excluding tert-OH is 1. The van der Waals surface area contributed by atoms with E-state index in [0.717, 1.165) is 16.8 Å². The summed E-state index contributed by atoms with van der Waals surface area (Å²) in [4.78, 5) is 53.7. The van der Waals surface area contributed by atoms with Gasteiger partial charge in [0.15, 0.2) is 12.3 Å². The molecule has 0 saturated carbocycles. The number of aliphatic hydroxyl groups is 1. The fraction of sp³-hybridized carbons (Fsp3) is 0.556. The van der Waals surface area contributed by atoms with E-state index in [2.05, 4.69) is 9.68 Å². The molecule has 2 rings (SSSR count). The van der Waals surface area contributed by atoms with Crippen molar-refractivity contribution < 1.29 is 29.7 Å². The van der Waals surface area contributed by atoms with Gasteiger partial charge < -0.3 is 19.5 Å². The van der Waals surface area contributed by atoms with E-state index in [0.29, 0.717) is 0 Å². The van der Waals surface area contributed by atoms with Crippen molar-refractivity contribution in [1.82, 2.24) is 9.55 Å². The molecule has 1 fully saturated rings. The minimum absolute atomic E-state index is 0.718. The first kappa shape index (κ1) is 16.4. The fourth-order valence-electron chi connectivity index (χ4n) is 2.05. The highest BCUT2D eigenvalue weighted by Crippen LogP contribution is 2.31. The molecule has 126 valence electrons. The number of aromatic amines is 1. The number of nitrogens with one attached hydrogen (secondary N) is 1. The lowest BCUT2D eigenvalue weighted by atomic mass is 10.1. The lowest BCUT2D eigenvalue weighted by molar-refractivity contribution is -0.772. The average molecular weight is 334 g/mol. The minimum atomic E-state index is -1.69. The molecule has 23 heavy (non-hydrogen) atoms. The van der Waals surface area contributed by atoms with E-state index < -0.39 is 52.6 Å². The van der Waals surface area contributed by atoms with Crippen LogP contribution in [0.2, 0.25) is 0 Å². The predicted octanol–water partition coefficient (Wildman–Crippen LogP) is -2.42. The molecule has 4 atom stereocenters. The number of aromatic nitrogens is 2. The summed E-state index contributed by atoms with van der Waals surface area (Å²) in [7, 11) is 0. The molecule has 14 heteroatoms. The SMILES string of the molecule is O=c1ccn([C@@H]2O[C@H](CO[N+](=O)[O-])[C@@H](O)[C@H]2O[N+](=O)[O-])c(=O)[nH]1. The molecule has 0 unspecified atom stereocenters. The molecule has 0 bridgehead atoms. The van der Waals surface area contributed by atoms with Crippen molar-refractivity contribution in [3.63, 3.8) is 0 Å². The highest BCUT2D eigenvalue weighted by atomic mass is 17.0. The Morgan fingerprint density at radius 1 is 1.35 bits per heavy atom. The summed E-state index contributed by atoms with van der Waals surface area (Å²) < 4.78 is 5.92. The third-order valence-corrected chi connectivity index (χ3v) is 2.99. The smallest absolute Gasteiger partial charge is 0.330 e. The zero-order valence-electron chi connectivity index (χ0n) is 11.1. The maximum Gasteiger partial charge on any atom is 0.330 e. The van der Waals surface area contributed by atoms with Crippen LogP contribution in [0.4, 0.5) is 0 Å². The Morgan fingerprint density at radius 3 is 2.61 bits per heavy atom. The van der Waals surface area contributed by atoms with Crippen LogP contribution in [0, 0.1) is 20.2 Å². The van der Waals surface area contributed by atoms with Crippen molar-refractivity contribution in [3.05, 3.63) is 53.3 Å². The van der Waals surface area contributed by atoms with Gasteiger partial charge in [0.05, 0.1) is 0 Å². The quantitative estimate of drug-likeness (QED) is 0.418. The Kier molecular flexibility index (Phi) is 4.56. The van der Waals surface area contributed by atoms with Crippen molar-refractivity contribution in [2.75, 3.05) is 6.61 Å². The van der Waals surface area contributed by atoms with Crippen LogP contribution in [-0.4, -0.2) is 49.7 Å². The van der Waals surface area contributed by atoms with Crippen molar-refractivity contribution in [2.45, 2.75) is 24.5 Å². The van der Waals surface area contributed by atoms with Gasteiger partial charge in [0.1, 0.15) is 18.8 Å². The molecule has 14 nitrogen and oxygen atoms in total. The summed E-state index contributed by atoms with van der Waals surface area (Å²) in [6.07, 6.45) is -5.24. The highest BCUT2D eigenvalue weighted by Gasteiger charge is 2.48.